The van der Waals surface area contributed by atoms with Crippen molar-refractivity contribution < 1.29 is 9.59 Å². The molecule has 0 aromatic rings. The lowest BCUT2D eigenvalue weighted by Crippen LogP contribution is -2.35. The van der Waals surface area contributed by atoms with Crippen molar-refractivity contribution in [3.63, 3.8) is 0 Å². The molecule has 0 aromatic carbocycles. The summed E-state index contributed by atoms with van der Waals surface area (Å²) in [5.74, 6) is -0.427. The molecule has 2 nitrogen and oxygen atoms in total. The molecule has 72 valence electrons. The van der Waals surface area contributed by atoms with Gasteiger partial charge in [-0.25, -0.2) is 0 Å². The molecule has 2 rings (SSSR count). The molecule has 3 atom stereocenters. The molecule has 0 N–H and O–H groups in total. The molecule has 3 heteroatoms. The first-order chi connectivity index (χ1) is 5.82. The van der Waals surface area contributed by atoms with Crippen LogP contribution in [0.15, 0.2) is 0 Å². The lowest BCUT2D eigenvalue weighted by molar-refractivity contribution is -0.141. The van der Waals surface area contributed by atoms with Gasteiger partial charge in [0.2, 0.25) is 11.6 Å². The Labute approximate surface area is 86.2 Å². The van der Waals surface area contributed by atoms with E-state index < -0.39 is 5.41 Å². The van der Waals surface area contributed by atoms with Gasteiger partial charge in [-0.15, -0.1) is 0 Å². The van der Waals surface area contributed by atoms with Crippen LogP contribution < -0.4 is 0 Å². The number of hydrogen-bond acceptors (Lipinski definition) is 2. The molecule has 2 fully saturated rings. The van der Waals surface area contributed by atoms with Crippen molar-refractivity contribution in [1.82, 2.24) is 0 Å². The number of alkyl halides is 1. The van der Waals surface area contributed by atoms with E-state index in [1.807, 2.05) is 20.8 Å². The normalized spacial score (nSPS) is 47.4. The molecule has 13 heavy (non-hydrogen) atoms. The van der Waals surface area contributed by atoms with Crippen LogP contribution in [0.25, 0.3) is 0 Å². The van der Waals surface area contributed by atoms with Gasteiger partial charge in [-0.05, 0) is 11.8 Å². The zero-order chi connectivity index (χ0) is 10.0. The summed E-state index contributed by atoms with van der Waals surface area (Å²) in [6, 6.07) is 0. The van der Waals surface area contributed by atoms with Crippen LogP contribution in [0.4, 0.5) is 0 Å². The highest BCUT2D eigenvalue weighted by atomic mass is 79.9. The van der Waals surface area contributed by atoms with Gasteiger partial charge < -0.3 is 0 Å². The fourth-order valence-corrected chi connectivity index (χ4v) is 4.41. The van der Waals surface area contributed by atoms with Crippen molar-refractivity contribution in [2.45, 2.75) is 32.0 Å². The lowest BCUT2D eigenvalue weighted by Gasteiger charge is -2.30. The van der Waals surface area contributed by atoms with Gasteiger partial charge in [-0.3, -0.25) is 9.59 Å². The first-order valence-electron chi connectivity index (χ1n) is 4.55. The van der Waals surface area contributed by atoms with Crippen molar-refractivity contribution in [3.05, 3.63) is 0 Å². The number of fused-ring (bicyclic) bond motifs is 2. The van der Waals surface area contributed by atoms with E-state index in [1.165, 1.54) is 0 Å². The predicted octanol–water partition coefficient (Wildman–Crippen LogP) is 1.95. The smallest absolute Gasteiger partial charge is 0.205 e. The van der Waals surface area contributed by atoms with Crippen LogP contribution in [-0.4, -0.2) is 16.4 Å². The molecule has 0 aliphatic heterocycles. The summed E-state index contributed by atoms with van der Waals surface area (Å²) in [6.45, 7) is 5.98. The van der Waals surface area contributed by atoms with Crippen LogP contribution in [0, 0.1) is 16.7 Å². The molecule has 0 radical (unpaired) electrons. The number of halogens is 1. The maximum absolute atomic E-state index is 11.7. The first kappa shape index (κ1) is 9.38. The summed E-state index contributed by atoms with van der Waals surface area (Å²) in [5, 5.41) is 0. The van der Waals surface area contributed by atoms with E-state index in [0.29, 0.717) is 0 Å². The Bertz CT molecular complexity index is 308. The van der Waals surface area contributed by atoms with E-state index in [9.17, 15) is 9.59 Å². The van der Waals surface area contributed by atoms with Crippen LogP contribution >= 0.6 is 15.9 Å². The standard InChI is InChI=1S/C10H13BrO2/c1-9(2)6-5(11)4-10(9,3)8(13)7(6)12/h5-6H,4H2,1-3H3. The lowest BCUT2D eigenvalue weighted by atomic mass is 9.70. The van der Waals surface area contributed by atoms with Gasteiger partial charge >= 0.3 is 0 Å². The largest absolute Gasteiger partial charge is 0.290 e. The second kappa shape index (κ2) is 2.25. The molecule has 0 saturated heterocycles. The van der Waals surface area contributed by atoms with Crippen LogP contribution in [0.1, 0.15) is 27.2 Å². The average Bonchev–Trinajstić information content (AvgIpc) is 2.22. The Morgan fingerprint density at radius 2 is 1.85 bits per heavy atom. The van der Waals surface area contributed by atoms with E-state index in [4.69, 9.17) is 0 Å². The zero-order valence-corrected chi connectivity index (χ0v) is 9.64. The number of rotatable bonds is 0. The highest BCUT2D eigenvalue weighted by Gasteiger charge is 2.69. The van der Waals surface area contributed by atoms with Crippen LogP contribution in [0.2, 0.25) is 0 Å². The molecule has 2 aliphatic rings. The van der Waals surface area contributed by atoms with Crippen LogP contribution in [0.5, 0.6) is 0 Å². The number of carbonyl (C=O) groups excluding carboxylic acids is 2. The van der Waals surface area contributed by atoms with Crippen molar-refractivity contribution in [2.75, 3.05) is 0 Å². The highest BCUT2D eigenvalue weighted by Crippen LogP contribution is 2.63. The molecule has 0 aromatic heterocycles. The summed E-state index contributed by atoms with van der Waals surface area (Å²) in [5.41, 5.74) is -0.599. The Kier molecular flexibility index (Phi) is 1.62. The summed E-state index contributed by atoms with van der Waals surface area (Å²) in [4.78, 5) is 23.5. The van der Waals surface area contributed by atoms with Gasteiger partial charge in [0.05, 0.1) is 0 Å². The van der Waals surface area contributed by atoms with Crippen molar-refractivity contribution >= 4 is 27.5 Å². The maximum Gasteiger partial charge on any atom is 0.205 e. The van der Waals surface area contributed by atoms with Crippen molar-refractivity contribution in [1.29, 1.82) is 0 Å². The third kappa shape index (κ3) is 0.797. The van der Waals surface area contributed by atoms with Crippen molar-refractivity contribution in [2.24, 2.45) is 16.7 Å². The van der Waals surface area contributed by atoms with Crippen molar-refractivity contribution in [3.8, 4) is 0 Å². The summed E-state index contributed by atoms with van der Waals surface area (Å²) in [6.07, 6.45) is 0.801. The van der Waals surface area contributed by atoms with Gasteiger partial charge in [0.1, 0.15) is 0 Å². The fourth-order valence-electron chi connectivity index (χ4n) is 2.86. The SMILES string of the molecule is CC12CC(Br)C(C(=O)C1=O)C2(C)C. The molecule has 2 saturated carbocycles. The quantitative estimate of drug-likeness (QED) is 0.483. The molecule has 2 bridgehead atoms. The fraction of sp³-hybridized carbons (Fsp3) is 0.800. The molecule has 2 aliphatic carbocycles. The molecule has 0 spiro atoms. The Morgan fingerprint density at radius 3 is 2.15 bits per heavy atom. The van der Waals surface area contributed by atoms with Gasteiger partial charge in [-0.1, -0.05) is 36.7 Å². The van der Waals surface area contributed by atoms with E-state index >= 15 is 0 Å². The molecule has 3 unspecified atom stereocenters. The minimum Gasteiger partial charge on any atom is -0.290 e. The van der Waals surface area contributed by atoms with E-state index in [2.05, 4.69) is 15.9 Å². The number of carbonyl (C=O) groups is 2. The Hall–Kier alpha value is -0.180. The predicted molar refractivity (Wildman–Crippen MR) is 52.7 cm³/mol. The highest BCUT2D eigenvalue weighted by molar-refractivity contribution is 9.09. The van der Waals surface area contributed by atoms with Crippen LogP contribution in [0.3, 0.4) is 0 Å². The van der Waals surface area contributed by atoms with E-state index in [-0.39, 0.29) is 27.7 Å². The van der Waals surface area contributed by atoms with Gasteiger partial charge in [0.15, 0.2) is 0 Å². The molecular formula is C10H13BrO2. The second-order valence-electron chi connectivity index (χ2n) is 4.94. The van der Waals surface area contributed by atoms with E-state index in [0.717, 1.165) is 6.42 Å². The van der Waals surface area contributed by atoms with Gasteiger partial charge in [0.25, 0.3) is 0 Å². The van der Waals surface area contributed by atoms with Gasteiger partial charge in [0, 0.05) is 16.2 Å². The third-order valence-electron chi connectivity index (χ3n) is 4.17. The zero-order valence-electron chi connectivity index (χ0n) is 8.06. The number of Topliss-reactive ketones (excluding diaryl/α,β-unsaturated/α-hetero) is 2. The van der Waals surface area contributed by atoms with Crippen LogP contribution in [-0.2, 0) is 9.59 Å². The summed E-state index contributed by atoms with van der Waals surface area (Å²) >= 11 is 3.50. The third-order valence-corrected chi connectivity index (χ3v) is 5.02. The first-order valence-corrected chi connectivity index (χ1v) is 5.46. The Balaban J connectivity index is 2.59. The number of hydrogen-bond donors (Lipinski definition) is 0. The summed E-state index contributed by atoms with van der Waals surface area (Å²) < 4.78 is 0. The number of ketones is 2. The Morgan fingerprint density at radius 1 is 1.31 bits per heavy atom. The molecule has 0 heterocycles. The second-order valence-corrected chi connectivity index (χ2v) is 6.12. The monoisotopic (exact) mass is 244 g/mol. The topological polar surface area (TPSA) is 34.1 Å². The molecule has 0 amide bonds. The molecular weight excluding hydrogens is 232 g/mol. The minimum atomic E-state index is -0.428. The van der Waals surface area contributed by atoms with Gasteiger partial charge in [-0.2, -0.15) is 0 Å². The summed E-state index contributed by atoms with van der Waals surface area (Å²) in [7, 11) is 0. The maximum atomic E-state index is 11.7. The van der Waals surface area contributed by atoms with E-state index in [1.54, 1.807) is 0 Å². The average molecular weight is 245 g/mol. The minimum absolute atomic E-state index is 0.106.